The summed E-state index contributed by atoms with van der Waals surface area (Å²) in [5, 5.41) is 11.9. The summed E-state index contributed by atoms with van der Waals surface area (Å²) >= 11 is 5.96. The first-order valence-corrected chi connectivity index (χ1v) is 9.97. The minimum Gasteiger partial charge on any atom is -0.450 e. The zero-order chi connectivity index (χ0) is 20.2. The molecule has 8 nitrogen and oxygen atoms in total. The van der Waals surface area contributed by atoms with E-state index in [4.69, 9.17) is 16.3 Å². The molecule has 0 atom stereocenters. The number of likely N-dealkylation sites (N-methyl/N-ethyl adjacent to an activating group) is 1. The van der Waals surface area contributed by atoms with Crippen LogP contribution in [-0.4, -0.2) is 40.5 Å². The molecule has 146 valence electrons. The van der Waals surface area contributed by atoms with Crippen molar-refractivity contribution in [3.8, 4) is 11.5 Å². The summed E-state index contributed by atoms with van der Waals surface area (Å²) in [7, 11) is -0.0695. The molecule has 0 aliphatic carbocycles. The standard InChI is InChI=1S/C17H20ClN3O5S/c1-12-10-13(4-6-15(12)18)26-17-7-5-14(11-16(17)21(22)23)27(24,25)19-8-9-20(2)3/h4-7,10-11,19H,8-9H2,1-3H3/p+1. The Morgan fingerprint density at radius 1 is 1.22 bits per heavy atom. The Balaban J connectivity index is 2.30. The lowest BCUT2D eigenvalue weighted by molar-refractivity contribution is -0.856. The van der Waals surface area contributed by atoms with E-state index in [-0.39, 0.29) is 17.2 Å². The molecule has 2 rings (SSSR count). The molecule has 10 heteroatoms. The number of rotatable bonds is 8. The molecule has 0 aromatic heterocycles. The number of halogens is 1. The average molecular weight is 415 g/mol. The minimum absolute atomic E-state index is 0.0570. The maximum absolute atomic E-state index is 12.3. The number of hydrogen-bond acceptors (Lipinski definition) is 5. The van der Waals surface area contributed by atoms with Gasteiger partial charge in [0, 0.05) is 11.1 Å². The molecule has 2 aromatic carbocycles. The molecule has 0 saturated heterocycles. The van der Waals surface area contributed by atoms with E-state index in [0.717, 1.165) is 16.5 Å². The van der Waals surface area contributed by atoms with Gasteiger partial charge in [-0.1, -0.05) is 11.6 Å². The van der Waals surface area contributed by atoms with Gasteiger partial charge in [0.25, 0.3) is 0 Å². The van der Waals surface area contributed by atoms with Crippen LogP contribution in [0.5, 0.6) is 11.5 Å². The van der Waals surface area contributed by atoms with Gasteiger partial charge in [-0.05, 0) is 42.8 Å². The molecule has 0 aliphatic heterocycles. The van der Waals surface area contributed by atoms with Gasteiger partial charge in [-0.25, -0.2) is 13.1 Å². The fourth-order valence-corrected chi connectivity index (χ4v) is 3.39. The van der Waals surface area contributed by atoms with E-state index in [9.17, 15) is 18.5 Å². The van der Waals surface area contributed by atoms with Gasteiger partial charge in [0.1, 0.15) is 5.75 Å². The highest BCUT2D eigenvalue weighted by Crippen LogP contribution is 2.34. The molecule has 27 heavy (non-hydrogen) atoms. The van der Waals surface area contributed by atoms with Crippen molar-refractivity contribution in [2.75, 3.05) is 27.2 Å². The zero-order valence-electron chi connectivity index (χ0n) is 15.2. The molecule has 0 radical (unpaired) electrons. The van der Waals surface area contributed by atoms with Crippen molar-refractivity contribution < 1.29 is 23.0 Å². The summed E-state index contributed by atoms with van der Waals surface area (Å²) in [6.45, 7) is 2.58. The first-order chi connectivity index (χ1) is 12.6. The van der Waals surface area contributed by atoms with E-state index >= 15 is 0 Å². The molecule has 0 amide bonds. The number of nitrogens with one attached hydrogen (secondary N) is 2. The Hall–Kier alpha value is -2.20. The number of aryl methyl sites for hydroxylation is 1. The highest BCUT2D eigenvalue weighted by atomic mass is 35.5. The molecule has 0 bridgehead atoms. The summed E-state index contributed by atoms with van der Waals surface area (Å²) in [5.41, 5.74) is 0.312. The third-order valence-corrected chi connectivity index (χ3v) is 5.59. The lowest BCUT2D eigenvalue weighted by Crippen LogP contribution is -3.06. The molecule has 0 fully saturated rings. The fourth-order valence-electron chi connectivity index (χ4n) is 2.22. The minimum atomic E-state index is -3.85. The number of sulfonamides is 1. The number of hydrogen-bond donors (Lipinski definition) is 2. The summed E-state index contributed by atoms with van der Waals surface area (Å²) in [4.78, 5) is 11.6. The normalized spacial score (nSPS) is 11.6. The molecular weight excluding hydrogens is 394 g/mol. The Labute approximate surface area is 162 Å². The first-order valence-electron chi connectivity index (χ1n) is 8.11. The van der Waals surface area contributed by atoms with Gasteiger partial charge >= 0.3 is 5.69 Å². The Morgan fingerprint density at radius 2 is 1.93 bits per heavy atom. The van der Waals surface area contributed by atoms with Crippen molar-refractivity contribution in [2.45, 2.75) is 11.8 Å². The van der Waals surface area contributed by atoms with E-state index in [1.54, 1.807) is 25.1 Å². The Morgan fingerprint density at radius 3 is 2.52 bits per heavy atom. The summed E-state index contributed by atoms with van der Waals surface area (Å²) in [6.07, 6.45) is 0. The van der Waals surface area contributed by atoms with Gasteiger partial charge in [0.2, 0.25) is 15.8 Å². The fraction of sp³-hybridized carbons (Fsp3) is 0.294. The predicted molar refractivity (Wildman–Crippen MR) is 102 cm³/mol. The van der Waals surface area contributed by atoms with Crippen molar-refractivity contribution in [3.63, 3.8) is 0 Å². The molecule has 0 unspecified atom stereocenters. The van der Waals surface area contributed by atoms with E-state index < -0.39 is 20.6 Å². The topological polar surface area (TPSA) is 103 Å². The number of nitrogens with zero attached hydrogens (tertiary/aromatic N) is 1. The largest absolute Gasteiger partial charge is 0.450 e. The number of quaternary nitrogens is 1. The van der Waals surface area contributed by atoms with Gasteiger partial charge in [-0.2, -0.15) is 0 Å². The van der Waals surface area contributed by atoms with E-state index in [0.29, 0.717) is 17.3 Å². The van der Waals surface area contributed by atoms with E-state index in [1.807, 2.05) is 14.1 Å². The van der Waals surface area contributed by atoms with Gasteiger partial charge in [-0.3, -0.25) is 10.1 Å². The van der Waals surface area contributed by atoms with Crippen LogP contribution in [0.3, 0.4) is 0 Å². The SMILES string of the molecule is Cc1cc(Oc2ccc(S(=O)(=O)NCC[NH+](C)C)cc2[N+](=O)[O-])ccc1Cl. The van der Waals surface area contributed by atoms with Crippen molar-refractivity contribution >= 4 is 27.3 Å². The second kappa shape index (κ2) is 8.66. The van der Waals surface area contributed by atoms with Crippen LogP contribution < -0.4 is 14.4 Å². The van der Waals surface area contributed by atoms with Crippen molar-refractivity contribution in [1.82, 2.24) is 4.72 Å². The smallest absolute Gasteiger partial charge is 0.312 e. The van der Waals surface area contributed by atoms with Gasteiger partial charge in [0.15, 0.2) is 0 Å². The zero-order valence-corrected chi connectivity index (χ0v) is 16.7. The molecule has 2 N–H and O–H groups in total. The molecule has 0 saturated carbocycles. The van der Waals surface area contributed by atoms with Crippen molar-refractivity contribution in [2.24, 2.45) is 0 Å². The second-order valence-corrected chi connectivity index (χ2v) is 8.43. The molecular formula is C17H21ClN3O5S+. The van der Waals surface area contributed by atoms with Crippen molar-refractivity contribution in [1.29, 1.82) is 0 Å². The number of benzene rings is 2. The van der Waals surface area contributed by atoms with Crippen LogP contribution in [0.1, 0.15) is 5.56 Å². The third kappa shape index (κ3) is 5.64. The summed E-state index contributed by atoms with van der Waals surface area (Å²) in [6, 6.07) is 8.37. The lowest BCUT2D eigenvalue weighted by atomic mass is 10.2. The van der Waals surface area contributed by atoms with E-state index in [1.165, 1.54) is 12.1 Å². The van der Waals surface area contributed by atoms with Crippen LogP contribution in [0.25, 0.3) is 0 Å². The number of nitro groups is 1. The van der Waals surface area contributed by atoms with E-state index in [2.05, 4.69) is 4.72 Å². The van der Waals surface area contributed by atoms with Gasteiger partial charge in [-0.15, -0.1) is 0 Å². The Kier molecular flexibility index (Phi) is 6.77. The van der Waals surface area contributed by atoms with Crippen LogP contribution in [0.4, 0.5) is 5.69 Å². The van der Waals surface area contributed by atoms with Gasteiger partial charge < -0.3 is 9.64 Å². The van der Waals surface area contributed by atoms with Crippen LogP contribution in [0, 0.1) is 17.0 Å². The van der Waals surface area contributed by atoms with Gasteiger partial charge in [0.05, 0.1) is 37.0 Å². The molecule has 0 aliphatic rings. The molecule has 0 heterocycles. The third-order valence-electron chi connectivity index (χ3n) is 3.71. The maximum atomic E-state index is 12.3. The highest BCUT2D eigenvalue weighted by molar-refractivity contribution is 7.89. The highest BCUT2D eigenvalue weighted by Gasteiger charge is 2.23. The number of ether oxygens (including phenoxy) is 1. The average Bonchev–Trinajstić information content (AvgIpc) is 2.57. The predicted octanol–water partition coefficient (Wildman–Crippen LogP) is 1.77. The first kappa shape index (κ1) is 21.1. The van der Waals surface area contributed by atoms with Crippen LogP contribution in [0.15, 0.2) is 41.3 Å². The van der Waals surface area contributed by atoms with Crippen LogP contribution >= 0.6 is 11.6 Å². The Bertz CT molecular complexity index is 948. The molecule has 0 spiro atoms. The summed E-state index contributed by atoms with van der Waals surface area (Å²) in [5.74, 6) is 0.307. The number of nitro benzene ring substituents is 1. The lowest BCUT2D eigenvalue weighted by Gasteiger charge is -2.11. The molecule has 2 aromatic rings. The van der Waals surface area contributed by atoms with Crippen LogP contribution in [0.2, 0.25) is 5.02 Å². The van der Waals surface area contributed by atoms with Crippen LogP contribution in [-0.2, 0) is 10.0 Å². The second-order valence-electron chi connectivity index (χ2n) is 6.25. The maximum Gasteiger partial charge on any atom is 0.312 e. The monoisotopic (exact) mass is 414 g/mol. The summed E-state index contributed by atoms with van der Waals surface area (Å²) < 4.78 is 32.7. The quantitative estimate of drug-likeness (QED) is 0.506. The van der Waals surface area contributed by atoms with Crippen molar-refractivity contribution in [3.05, 3.63) is 57.1 Å².